The summed E-state index contributed by atoms with van der Waals surface area (Å²) in [6, 6.07) is 12.2. The minimum atomic E-state index is -0.610. The zero-order chi connectivity index (χ0) is 19.8. The van der Waals surface area contributed by atoms with Gasteiger partial charge in [0, 0.05) is 24.5 Å². The van der Waals surface area contributed by atoms with Crippen LogP contribution in [0, 0.1) is 5.92 Å². The van der Waals surface area contributed by atoms with Crippen LogP contribution in [0.25, 0.3) is 0 Å². The average Bonchev–Trinajstić information content (AvgIpc) is 2.70. The molecule has 0 radical (unpaired) electrons. The standard InChI is InChI=1S/C22H27N3O2/c1-5-13-24-21(26)20(16(2)3)25(17(4)18-9-7-6-8-10-18)22(27)19-11-14-23-15-12-19/h5-12,14-17,20H,1,13H2,2-4H3,(H,24,26). The summed E-state index contributed by atoms with van der Waals surface area (Å²) in [6.07, 6.45) is 4.80. The van der Waals surface area contributed by atoms with Crippen molar-refractivity contribution in [3.8, 4) is 0 Å². The summed E-state index contributed by atoms with van der Waals surface area (Å²) in [5, 5.41) is 2.84. The van der Waals surface area contributed by atoms with Gasteiger partial charge < -0.3 is 10.2 Å². The summed E-state index contributed by atoms with van der Waals surface area (Å²) in [4.78, 5) is 31.9. The number of carbonyl (C=O) groups excluding carboxylic acids is 2. The number of pyridine rings is 1. The number of nitrogens with one attached hydrogen (secondary N) is 1. The largest absolute Gasteiger partial charge is 0.351 e. The molecule has 1 aromatic heterocycles. The number of hydrogen-bond acceptors (Lipinski definition) is 3. The molecule has 5 heteroatoms. The van der Waals surface area contributed by atoms with Gasteiger partial charge in [-0.15, -0.1) is 6.58 Å². The van der Waals surface area contributed by atoms with E-state index in [1.165, 1.54) is 0 Å². The van der Waals surface area contributed by atoms with E-state index in [0.717, 1.165) is 5.56 Å². The molecule has 0 aliphatic carbocycles. The normalized spacial score (nSPS) is 12.9. The topological polar surface area (TPSA) is 62.3 Å². The number of nitrogens with zero attached hydrogens (tertiary/aromatic N) is 2. The van der Waals surface area contributed by atoms with Crippen molar-refractivity contribution in [2.45, 2.75) is 32.9 Å². The first-order chi connectivity index (χ1) is 13.0. The molecule has 142 valence electrons. The van der Waals surface area contributed by atoms with E-state index < -0.39 is 6.04 Å². The van der Waals surface area contributed by atoms with Gasteiger partial charge in [0.05, 0.1) is 6.04 Å². The lowest BCUT2D eigenvalue weighted by atomic mass is 9.96. The predicted molar refractivity (Wildman–Crippen MR) is 107 cm³/mol. The van der Waals surface area contributed by atoms with Crippen molar-refractivity contribution < 1.29 is 9.59 Å². The summed E-state index contributed by atoms with van der Waals surface area (Å²) in [5.74, 6) is -0.442. The molecular formula is C22H27N3O2. The van der Waals surface area contributed by atoms with Crippen molar-refractivity contribution in [1.29, 1.82) is 0 Å². The Morgan fingerprint density at radius 3 is 2.30 bits per heavy atom. The SMILES string of the molecule is C=CCNC(=O)C(C(C)C)N(C(=O)c1ccncc1)C(C)c1ccccc1. The number of amides is 2. The number of hydrogen-bond donors (Lipinski definition) is 1. The van der Waals surface area contributed by atoms with Gasteiger partial charge in [-0.1, -0.05) is 50.3 Å². The van der Waals surface area contributed by atoms with Crippen molar-refractivity contribution >= 4 is 11.8 Å². The second-order valence-electron chi connectivity index (χ2n) is 6.76. The lowest BCUT2D eigenvalue weighted by Gasteiger charge is -2.38. The van der Waals surface area contributed by atoms with Gasteiger partial charge in [0.15, 0.2) is 0 Å². The number of benzene rings is 1. The molecule has 0 saturated carbocycles. The third kappa shape index (κ3) is 5.03. The summed E-state index contributed by atoms with van der Waals surface area (Å²) >= 11 is 0. The molecule has 2 amide bonds. The molecule has 2 atom stereocenters. The number of carbonyl (C=O) groups is 2. The van der Waals surface area contributed by atoms with E-state index in [9.17, 15) is 9.59 Å². The highest BCUT2D eigenvalue weighted by atomic mass is 16.2. The smallest absolute Gasteiger partial charge is 0.255 e. The van der Waals surface area contributed by atoms with Crippen LogP contribution in [0.1, 0.15) is 42.7 Å². The van der Waals surface area contributed by atoms with Gasteiger partial charge >= 0.3 is 0 Å². The fourth-order valence-electron chi connectivity index (χ4n) is 3.11. The lowest BCUT2D eigenvalue weighted by Crippen LogP contribution is -2.53. The quantitative estimate of drug-likeness (QED) is 0.727. The van der Waals surface area contributed by atoms with Crippen LogP contribution in [0.4, 0.5) is 0 Å². The van der Waals surface area contributed by atoms with E-state index in [1.807, 2.05) is 51.1 Å². The van der Waals surface area contributed by atoms with Crippen molar-refractivity contribution in [3.63, 3.8) is 0 Å². The van der Waals surface area contributed by atoms with Crippen LogP contribution in [0.5, 0.6) is 0 Å². The van der Waals surface area contributed by atoms with Crippen LogP contribution in [0.3, 0.4) is 0 Å². The fourth-order valence-corrected chi connectivity index (χ4v) is 3.11. The molecule has 1 aromatic carbocycles. The van der Waals surface area contributed by atoms with E-state index in [2.05, 4.69) is 16.9 Å². The molecule has 1 N–H and O–H groups in total. The minimum Gasteiger partial charge on any atom is -0.351 e. The highest BCUT2D eigenvalue weighted by Gasteiger charge is 2.36. The second kappa shape index (κ2) is 9.67. The first kappa shape index (κ1) is 20.4. The molecule has 0 bridgehead atoms. The Hall–Kier alpha value is -2.95. The third-order valence-electron chi connectivity index (χ3n) is 4.48. The summed E-state index contributed by atoms with van der Waals surface area (Å²) in [5.41, 5.74) is 1.48. The third-order valence-corrected chi connectivity index (χ3v) is 4.48. The Morgan fingerprint density at radius 2 is 1.74 bits per heavy atom. The predicted octanol–water partition coefficient (Wildman–Crippen LogP) is 3.61. The van der Waals surface area contributed by atoms with E-state index in [4.69, 9.17) is 0 Å². The van der Waals surface area contributed by atoms with Crippen LogP contribution in [-0.4, -0.2) is 34.3 Å². The lowest BCUT2D eigenvalue weighted by molar-refractivity contribution is -0.127. The van der Waals surface area contributed by atoms with Gasteiger partial charge in [0.2, 0.25) is 5.91 Å². The van der Waals surface area contributed by atoms with Crippen molar-refractivity contribution in [2.75, 3.05) is 6.54 Å². The summed E-state index contributed by atoms with van der Waals surface area (Å²) in [6.45, 7) is 9.85. The van der Waals surface area contributed by atoms with Crippen molar-refractivity contribution in [3.05, 3.63) is 78.6 Å². The number of aromatic nitrogens is 1. The highest BCUT2D eigenvalue weighted by molar-refractivity contribution is 5.97. The molecule has 1 heterocycles. The van der Waals surface area contributed by atoms with Crippen LogP contribution in [-0.2, 0) is 4.79 Å². The molecular weight excluding hydrogens is 338 g/mol. The van der Waals surface area contributed by atoms with Crippen molar-refractivity contribution in [2.24, 2.45) is 5.92 Å². The summed E-state index contributed by atoms with van der Waals surface area (Å²) in [7, 11) is 0. The van der Waals surface area contributed by atoms with Crippen LogP contribution in [0.2, 0.25) is 0 Å². The minimum absolute atomic E-state index is 0.0632. The van der Waals surface area contributed by atoms with Gasteiger partial charge in [0.25, 0.3) is 5.91 Å². The molecule has 0 fully saturated rings. The number of rotatable bonds is 8. The average molecular weight is 365 g/mol. The molecule has 2 unspecified atom stereocenters. The Balaban J connectivity index is 2.48. The first-order valence-electron chi connectivity index (χ1n) is 9.13. The van der Waals surface area contributed by atoms with Gasteiger partial charge in [-0.2, -0.15) is 0 Å². The Bertz CT molecular complexity index is 760. The molecule has 0 spiro atoms. The van der Waals surface area contributed by atoms with Crippen molar-refractivity contribution in [1.82, 2.24) is 15.2 Å². The maximum atomic E-state index is 13.4. The molecule has 2 aromatic rings. The molecule has 2 rings (SSSR count). The van der Waals surface area contributed by atoms with E-state index >= 15 is 0 Å². The van der Waals surface area contributed by atoms with Gasteiger partial charge in [-0.3, -0.25) is 14.6 Å². The maximum Gasteiger partial charge on any atom is 0.255 e. The Labute approximate surface area is 161 Å². The molecule has 27 heavy (non-hydrogen) atoms. The van der Waals surface area contributed by atoms with Gasteiger partial charge in [0.1, 0.15) is 6.04 Å². The maximum absolute atomic E-state index is 13.4. The first-order valence-corrected chi connectivity index (χ1v) is 9.13. The van der Waals surface area contributed by atoms with Crippen LogP contribution >= 0.6 is 0 Å². The highest BCUT2D eigenvalue weighted by Crippen LogP contribution is 2.28. The molecule has 0 aliphatic heterocycles. The molecule has 5 nitrogen and oxygen atoms in total. The van der Waals surface area contributed by atoms with Gasteiger partial charge in [-0.05, 0) is 30.5 Å². The van der Waals surface area contributed by atoms with Crippen LogP contribution < -0.4 is 5.32 Å². The van der Waals surface area contributed by atoms with E-state index in [-0.39, 0.29) is 23.8 Å². The Kier molecular flexibility index (Phi) is 7.29. The molecule has 0 saturated heterocycles. The van der Waals surface area contributed by atoms with E-state index in [1.54, 1.807) is 35.5 Å². The zero-order valence-corrected chi connectivity index (χ0v) is 16.1. The molecule has 0 aliphatic rings. The Morgan fingerprint density at radius 1 is 1.11 bits per heavy atom. The fraction of sp³-hybridized carbons (Fsp3) is 0.318. The zero-order valence-electron chi connectivity index (χ0n) is 16.1. The summed E-state index contributed by atoms with van der Waals surface area (Å²) < 4.78 is 0. The monoisotopic (exact) mass is 365 g/mol. The van der Waals surface area contributed by atoms with E-state index in [0.29, 0.717) is 12.1 Å². The van der Waals surface area contributed by atoms with Crippen LogP contribution in [0.15, 0.2) is 67.5 Å². The van der Waals surface area contributed by atoms with Gasteiger partial charge in [-0.25, -0.2) is 0 Å². The second-order valence-corrected chi connectivity index (χ2v) is 6.76.